The van der Waals surface area contributed by atoms with Gasteiger partial charge in [0.05, 0.1) is 6.04 Å². The number of hydrogen-bond acceptors (Lipinski definition) is 4. The minimum absolute atomic E-state index is 0.147. The fraction of sp³-hybridized carbons (Fsp3) is 0.417. The minimum Gasteiger partial charge on any atom is -0.343 e. The van der Waals surface area contributed by atoms with Crippen LogP contribution in [0.4, 0.5) is 0 Å². The van der Waals surface area contributed by atoms with Crippen molar-refractivity contribution < 1.29 is 9.32 Å². The predicted octanol–water partition coefficient (Wildman–Crippen LogP) is 1.94. The molecule has 0 saturated heterocycles. The largest absolute Gasteiger partial charge is 0.343 e. The highest BCUT2D eigenvalue weighted by molar-refractivity contribution is 5.93. The third-order valence-electron chi connectivity index (χ3n) is 2.68. The molecular weight excluding hydrogens is 232 g/mol. The molecule has 1 N–H and O–H groups in total. The maximum absolute atomic E-state index is 12.1. The van der Waals surface area contributed by atoms with E-state index in [4.69, 9.17) is 0 Å². The summed E-state index contributed by atoms with van der Waals surface area (Å²) in [6, 6.07) is 3.60. The summed E-state index contributed by atoms with van der Waals surface area (Å²) in [6.07, 6.45) is 3.13. The van der Waals surface area contributed by atoms with E-state index in [1.165, 1.54) is 6.39 Å². The highest BCUT2D eigenvalue weighted by Gasteiger charge is 2.17. The summed E-state index contributed by atoms with van der Waals surface area (Å²) < 4.78 is 6.57. The molecule has 1 amide bonds. The molecule has 1 atom stereocenters. The molecule has 0 saturated carbocycles. The average Bonchev–Trinajstić information content (AvgIpc) is 3.00. The van der Waals surface area contributed by atoms with Crippen LogP contribution in [0, 0.1) is 0 Å². The van der Waals surface area contributed by atoms with E-state index in [9.17, 15) is 4.79 Å². The second kappa shape index (κ2) is 5.03. The molecule has 0 bridgehead atoms. The van der Waals surface area contributed by atoms with Gasteiger partial charge >= 0.3 is 0 Å². The molecule has 0 aliphatic carbocycles. The topological polar surface area (TPSA) is 73.0 Å². The lowest BCUT2D eigenvalue weighted by atomic mass is 10.3. The van der Waals surface area contributed by atoms with E-state index in [0.29, 0.717) is 11.5 Å². The van der Waals surface area contributed by atoms with Gasteiger partial charge < -0.3 is 14.4 Å². The van der Waals surface area contributed by atoms with Crippen LogP contribution in [0.25, 0.3) is 0 Å². The van der Waals surface area contributed by atoms with Crippen LogP contribution in [0.3, 0.4) is 0 Å². The van der Waals surface area contributed by atoms with Crippen molar-refractivity contribution in [2.45, 2.75) is 32.9 Å². The van der Waals surface area contributed by atoms with Crippen molar-refractivity contribution in [2.24, 2.45) is 0 Å². The molecule has 0 aromatic carbocycles. The Morgan fingerprint density at radius 1 is 1.44 bits per heavy atom. The molecular formula is C12H16N4O2. The number of nitrogens with one attached hydrogen (secondary N) is 1. The van der Waals surface area contributed by atoms with Gasteiger partial charge in [-0.15, -0.1) is 0 Å². The normalized spacial score (nSPS) is 12.7. The molecule has 1 unspecified atom stereocenters. The Labute approximate surface area is 105 Å². The van der Waals surface area contributed by atoms with Gasteiger partial charge in [0, 0.05) is 12.2 Å². The molecule has 6 nitrogen and oxygen atoms in total. The lowest BCUT2D eigenvalue weighted by Crippen LogP contribution is -2.29. The molecule has 2 aromatic heterocycles. The second-order valence-electron chi connectivity index (χ2n) is 4.38. The van der Waals surface area contributed by atoms with Crippen LogP contribution in [0.5, 0.6) is 0 Å². The van der Waals surface area contributed by atoms with E-state index in [2.05, 4.69) is 20.0 Å². The number of nitrogens with zero attached hydrogens (tertiary/aromatic N) is 3. The maximum Gasteiger partial charge on any atom is 0.268 e. The molecule has 0 aliphatic rings. The Morgan fingerprint density at radius 3 is 2.83 bits per heavy atom. The van der Waals surface area contributed by atoms with E-state index in [0.717, 1.165) is 0 Å². The van der Waals surface area contributed by atoms with Crippen LogP contribution in [0.15, 0.2) is 29.2 Å². The van der Waals surface area contributed by atoms with Gasteiger partial charge in [0.1, 0.15) is 5.69 Å². The minimum atomic E-state index is -0.285. The third kappa shape index (κ3) is 2.42. The van der Waals surface area contributed by atoms with Gasteiger partial charge in [-0.3, -0.25) is 4.79 Å². The smallest absolute Gasteiger partial charge is 0.268 e. The van der Waals surface area contributed by atoms with Gasteiger partial charge in [0.15, 0.2) is 5.82 Å². The van der Waals surface area contributed by atoms with E-state index < -0.39 is 0 Å². The quantitative estimate of drug-likeness (QED) is 0.897. The lowest BCUT2D eigenvalue weighted by Gasteiger charge is -2.14. The molecule has 96 valence electrons. The molecule has 6 heteroatoms. The van der Waals surface area contributed by atoms with Crippen molar-refractivity contribution in [2.75, 3.05) is 0 Å². The van der Waals surface area contributed by atoms with E-state index in [1.807, 2.05) is 37.6 Å². The van der Waals surface area contributed by atoms with Crippen molar-refractivity contribution >= 4 is 5.91 Å². The van der Waals surface area contributed by atoms with Gasteiger partial charge in [0.25, 0.3) is 5.91 Å². The van der Waals surface area contributed by atoms with Crippen LogP contribution in [-0.4, -0.2) is 20.6 Å². The first-order valence-electron chi connectivity index (χ1n) is 5.83. The zero-order chi connectivity index (χ0) is 13.1. The SMILES string of the molecule is CC(NC(=O)c1cccn1C(C)C)c1ncon1. The van der Waals surface area contributed by atoms with Crippen molar-refractivity contribution in [3.63, 3.8) is 0 Å². The van der Waals surface area contributed by atoms with Crippen LogP contribution >= 0.6 is 0 Å². The fourth-order valence-electron chi connectivity index (χ4n) is 1.74. The lowest BCUT2D eigenvalue weighted by molar-refractivity contribution is 0.0927. The van der Waals surface area contributed by atoms with Gasteiger partial charge in [-0.25, -0.2) is 0 Å². The van der Waals surface area contributed by atoms with Gasteiger partial charge in [-0.1, -0.05) is 5.16 Å². The first-order valence-corrected chi connectivity index (χ1v) is 5.83. The molecule has 0 spiro atoms. The van der Waals surface area contributed by atoms with Crippen molar-refractivity contribution in [1.82, 2.24) is 20.0 Å². The zero-order valence-electron chi connectivity index (χ0n) is 10.6. The first-order chi connectivity index (χ1) is 8.59. The Bertz CT molecular complexity index is 516. The molecule has 2 heterocycles. The number of carbonyl (C=O) groups excluding carboxylic acids is 1. The van der Waals surface area contributed by atoms with Crippen LogP contribution < -0.4 is 5.32 Å². The summed E-state index contributed by atoms with van der Waals surface area (Å²) >= 11 is 0. The zero-order valence-corrected chi connectivity index (χ0v) is 10.6. The number of aromatic nitrogens is 3. The third-order valence-corrected chi connectivity index (χ3v) is 2.68. The van der Waals surface area contributed by atoms with Crippen molar-refractivity contribution in [3.05, 3.63) is 36.2 Å². The van der Waals surface area contributed by atoms with Gasteiger partial charge in [-0.05, 0) is 32.9 Å². The summed E-state index contributed by atoms with van der Waals surface area (Å²) in [5.41, 5.74) is 0.625. The fourth-order valence-corrected chi connectivity index (χ4v) is 1.74. The highest BCUT2D eigenvalue weighted by atomic mass is 16.5. The summed E-state index contributed by atoms with van der Waals surface area (Å²) in [5.74, 6) is 0.317. The summed E-state index contributed by atoms with van der Waals surface area (Å²) in [7, 11) is 0. The Kier molecular flexibility index (Phi) is 3.45. The number of rotatable bonds is 4. The van der Waals surface area contributed by atoms with Gasteiger partial charge in [-0.2, -0.15) is 4.98 Å². The number of carbonyl (C=O) groups is 1. The first kappa shape index (κ1) is 12.3. The Morgan fingerprint density at radius 2 is 2.22 bits per heavy atom. The monoisotopic (exact) mass is 248 g/mol. The summed E-state index contributed by atoms with van der Waals surface area (Å²) in [5, 5.41) is 6.54. The van der Waals surface area contributed by atoms with Crippen molar-refractivity contribution in [1.29, 1.82) is 0 Å². The van der Waals surface area contributed by atoms with Crippen LogP contribution in [-0.2, 0) is 0 Å². The molecule has 0 radical (unpaired) electrons. The molecule has 0 fully saturated rings. The Hall–Kier alpha value is -2.11. The Balaban J connectivity index is 2.10. The molecule has 0 aliphatic heterocycles. The molecule has 18 heavy (non-hydrogen) atoms. The maximum atomic E-state index is 12.1. The van der Waals surface area contributed by atoms with Gasteiger partial charge in [0.2, 0.25) is 6.39 Å². The van der Waals surface area contributed by atoms with E-state index in [-0.39, 0.29) is 18.0 Å². The van der Waals surface area contributed by atoms with E-state index >= 15 is 0 Å². The second-order valence-corrected chi connectivity index (χ2v) is 4.38. The van der Waals surface area contributed by atoms with E-state index in [1.54, 1.807) is 6.07 Å². The number of hydrogen-bond donors (Lipinski definition) is 1. The van der Waals surface area contributed by atoms with Crippen LogP contribution in [0.2, 0.25) is 0 Å². The predicted molar refractivity (Wildman–Crippen MR) is 65.0 cm³/mol. The molecule has 2 rings (SSSR count). The summed E-state index contributed by atoms with van der Waals surface area (Å²) in [6.45, 7) is 5.87. The van der Waals surface area contributed by atoms with Crippen molar-refractivity contribution in [3.8, 4) is 0 Å². The average molecular weight is 248 g/mol. The standard InChI is InChI=1S/C12H16N4O2/c1-8(2)16-6-4-5-10(16)12(17)14-9(3)11-13-7-18-15-11/h4-9H,1-3H3,(H,14,17). The highest BCUT2D eigenvalue weighted by Crippen LogP contribution is 2.12. The number of amides is 1. The summed E-state index contributed by atoms with van der Waals surface area (Å²) in [4.78, 5) is 16.0. The van der Waals surface area contributed by atoms with Crippen LogP contribution in [0.1, 0.15) is 49.2 Å². The molecule has 2 aromatic rings.